The van der Waals surface area contributed by atoms with Crippen LogP contribution < -0.4 is 4.74 Å². The molecule has 0 bridgehead atoms. The summed E-state index contributed by atoms with van der Waals surface area (Å²) in [6.45, 7) is 5.84. The zero-order chi connectivity index (χ0) is 26.0. The van der Waals surface area contributed by atoms with Gasteiger partial charge in [0.1, 0.15) is 5.75 Å². The highest BCUT2D eigenvalue weighted by atomic mass is 19.4. The number of aryl methyl sites for hydroxylation is 1. The van der Waals surface area contributed by atoms with E-state index in [1.807, 2.05) is 25.3 Å². The summed E-state index contributed by atoms with van der Waals surface area (Å²) in [5.41, 5.74) is 5.90. The van der Waals surface area contributed by atoms with Crippen molar-refractivity contribution in [2.75, 3.05) is 13.1 Å². The molecule has 194 valence electrons. The zero-order valence-corrected chi connectivity index (χ0v) is 20.8. The lowest BCUT2D eigenvalue weighted by Gasteiger charge is -2.31. The highest BCUT2D eigenvalue weighted by molar-refractivity contribution is 5.99. The number of pyridine rings is 1. The number of fused-ring (bicyclic) bond motifs is 1. The summed E-state index contributed by atoms with van der Waals surface area (Å²) in [6, 6.07) is 16.0. The van der Waals surface area contributed by atoms with Crippen molar-refractivity contribution in [3.05, 3.63) is 94.3 Å². The number of hydrogen-bond acceptors (Lipinski definition) is 4. The summed E-state index contributed by atoms with van der Waals surface area (Å²) in [6.07, 6.45) is 0.401. The van der Waals surface area contributed by atoms with E-state index in [1.165, 1.54) is 17.7 Å². The van der Waals surface area contributed by atoms with Gasteiger partial charge >= 0.3 is 6.36 Å². The predicted octanol–water partition coefficient (Wildman–Crippen LogP) is 5.90. The Morgan fingerprint density at radius 1 is 1.00 bits per heavy atom. The van der Waals surface area contributed by atoms with E-state index in [-0.39, 0.29) is 11.7 Å². The lowest BCUT2D eigenvalue weighted by molar-refractivity contribution is -0.274. The second-order valence-electron chi connectivity index (χ2n) is 10.0. The summed E-state index contributed by atoms with van der Waals surface area (Å²) in [7, 11) is 0. The van der Waals surface area contributed by atoms with Crippen LogP contribution in [0.4, 0.5) is 13.2 Å². The standard InChI is InChI=1S/C29H30F3N3O2/c1-20-14-23(15-21-9-12-34(13-10-21)19-25-4-2-3-11-33-25)16-24-18-35(28(36)27(20)24)17-22-5-7-26(8-6-22)37-29(30,31)32/h2-8,11,14,16,21H,9-10,12-13,15,17-19H2,1H3. The monoisotopic (exact) mass is 509 g/mol. The van der Waals surface area contributed by atoms with E-state index in [9.17, 15) is 18.0 Å². The van der Waals surface area contributed by atoms with Crippen molar-refractivity contribution >= 4 is 5.91 Å². The molecule has 0 aliphatic carbocycles. The first-order valence-corrected chi connectivity index (χ1v) is 12.6. The third kappa shape index (κ3) is 6.31. The van der Waals surface area contributed by atoms with Crippen LogP contribution in [0.15, 0.2) is 60.8 Å². The fourth-order valence-electron chi connectivity index (χ4n) is 5.47. The smallest absolute Gasteiger partial charge is 0.406 e. The number of likely N-dealkylation sites (tertiary alicyclic amines) is 1. The number of ether oxygens (including phenoxy) is 1. The first-order valence-electron chi connectivity index (χ1n) is 12.6. The lowest BCUT2D eigenvalue weighted by atomic mass is 9.88. The average molecular weight is 510 g/mol. The molecular weight excluding hydrogens is 479 g/mol. The summed E-state index contributed by atoms with van der Waals surface area (Å²) in [5, 5.41) is 0. The largest absolute Gasteiger partial charge is 0.573 e. The molecule has 1 fully saturated rings. The molecule has 2 aliphatic heterocycles. The van der Waals surface area contributed by atoms with Gasteiger partial charge in [-0.25, -0.2) is 0 Å². The minimum atomic E-state index is -4.72. The van der Waals surface area contributed by atoms with Gasteiger partial charge in [-0.3, -0.25) is 14.7 Å². The third-order valence-corrected chi connectivity index (χ3v) is 7.21. The number of benzene rings is 2. The quantitative estimate of drug-likeness (QED) is 0.398. The Morgan fingerprint density at radius 3 is 2.43 bits per heavy atom. The minimum Gasteiger partial charge on any atom is -0.406 e. The number of piperidine rings is 1. The van der Waals surface area contributed by atoms with E-state index < -0.39 is 6.36 Å². The Morgan fingerprint density at radius 2 is 1.76 bits per heavy atom. The molecule has 0 N–H and O–H groups in total. The van der Waals surface area contributed by atoms with Crippen LogP contribution in [0.3, 0.4) is 0 Å². The molecule has 5 rings (SSSR count). The molecule has 0 unspecified atom stereocenters. The van der Waals surface area contributed by atoms with E-state index in [4.69, 9.17) is 0 Å². The molecule has 1 saturated heterocycles. The normalized spacial score (nSPS) is 16.8. The van der Waals surface area contributed by atoms with Crippen molar-refractivity contribution < 1.29 is 22.7 Å². The summed E-state index contributed by atoms with van der Waals surface area (Å²) in [5.74, 6) is 0.316. The van der Waals surface area contributed by atoms with Crippen molar-refractivity contribution in [1.29, 1.82) is 0 Å². The van der Waals surface area contributed by atoms with Gasteiger partial charge in [0.15, 0.2) is 0 Å². The van der Waals surface area contributed by atoms with Gasteiger partial charge < -0.3 is 9.64 Å². The van der Waals surface area contributed by atoms with Gasteiger partial charge in [-0.05, 0) is 91.7 Å². The summed E-state index contributed by atoms with van der Waals surface area (Å²) in [4.78, 5) is 21.8. The van der Waals surface area contributed by atoms with Crippen molar-refractivity contribution in [2.24, 2.45) is 5.92 Å². The van der Waals surface area contributed by atoms with Crippen LogP contribution in [-0.2, 0) is 26.1 Å². The molecule has 1 aromatic heterocycles. The maximum absolute atomic E-state index is 13.1. The first-order chi connectivity index (χ1) is 17.7. The number of alkyl halides is 3. The Kier molecular flexibility index (Phi) is 7.20. The number of carbonyl (C=O) groups excluding carboxylic acids is 1. The third-order valence-electron chi connectivity index (χ3n) is 7.21. The van der Waals surface area contributed by atoms with Gasteiger partial charge in [0.05, 0.1) is 5.69 Å². The van der Waals surface area contributed by atoms with Crippen LogP contribution in [0.25, 0.3) is 0 Å². The van der Waals surface area contributed by atoms with E-state index in [0.717, 1.165) is 66.8 Å². The second kappa shape index (κ2) is 10.5. The molecule has 3 heterocycles. The van der Waals surface area contributed by atoms with Gasteiger partial charge in [-0.1, -0.05) is 30.3 Å². The lowest BCUT2D eigenvalue weighted by Crippen LogP contribution is -2.34. The van der Waals surface area contributed by atoms with E-state index in [1.54, 1.807) is 17.0 Å². The van der Waals surface area contributed by atoms with Gasteiger partial charge in [-0.2, -0.15) is 0 Å². The topological polar surface area (TPSA) is 45.7 Å². The number of rotatable bonds is 7. The molecule has 1 amide bonds. The molecule has 0 radical (unpaired) electrons. The molecule has 0 atom stereocenters. The number of hydrogen-bond donors (Lipinski definition) is 0. The molecular formula is C29H30F3N3O2. The summed E-state index contributed by atoms with van der Waals surface area (Å²) >= 11 is 0. The van der Waals surface area contributed by atoms with Crippen molar-refractivity contribution in [3.8, 4) is 5.75 Å². The Bertz CT molecular complexity index is 1240. The predicted molar refractivity (Wildman–Crippen MR) is 134 cm³/mol. The van der Waals surface area contributed by atoms with Gasteiger partial charge in [0.2, 0.25) is 0 Å². The molecule has 37 heavy (non-hydrogen) atoms. The van der Waals surface area contributed by atoms with Crippen LogP contribution >= 0.6 is 0 Å². The van der Waals surface area contributed by atoms with Crippen LogP contribution in [-0.4, -0.2) is 40.1 Å². The van der Waals surface area contributed by atoms with Crippen LogP contribution in [0, 0.1) is 12.8 Å². The van der Waals surface area contributed by atoms with Crippen molar-refractivity contribution in [3.63, 3.8) is 0 Å². The minimum absolute atomic E-state index is 0.0301. The average Bonchev–Trinajstić information content (AvgIpc) is 3.16. The van der Waals surface area contributed by atoms with E-state index >= 15 is 0 Å². The van der Waals surface area contributed by atoms with Gasteiger partial charge in [0, 0.05) is 31.4 Å². The molecule has 2 aliphatic rings. The van der Waals surface area contributed by atoms with E-state index in [2.05, 4.69) is 32.8 Å². The van der Waals surface area contributed by atoms with E-state index in [0.29, 0.717) is 19.0 Å². The number of amides is 1. The highest BCUT2D eigenvalue weighted by Gasteiger charge is 2.32. The summed E-state index contributed by atoms with van der Waals surface area (Å²) < 4.78 is 41.2. The van der Waals surface area contributed by atoms with Crippen molar-refractivity contribution in [1.82, 2.24) is 14.8 Å². The number of aromatic nitrogens is 1. The SMILES string of the molecule is Cc1cc(CC2CCN(Cc3ccccn3)CC2)cc2c1C(=O)N(Cc1ccc(OC(F)(F)F)cc1)C2. The Labute approximate surface area is 214 Å². The Balaban J connectivity index is 1.18. The molecule has 2 aromatic carbocycles. The molecule has 3 aromatic rings. The number of halogens is 3. The molecule has 5 nitrogen and oxygen atoms in total. The van der Waals surface area contributed by atoms with Crippen molar-refractivity contribution in [2.45, 2.75) is 52.2 Å². The zero-order valence-electron chi connectivity index (χ0n) is 20.8. The fraction of sp³-hybridized carbons (Fsp3) is 0.379. The molecule has 8 heteroatoms. The molecule has 0 saturated carbocycles. The van der Waals surface area contributed by atoms with Crippen LogP contribution in [0.1, 0.15) is 51.1 Å². The van der Waals surface area contributed by atoms with Gasteiger partial charge in [0.25, 0.3) is 5.91 Å². The van der Waals surface area contributed by atoms with Crippen LogP contribution in [0.2, 0.25) is 0 Å². The maximum Gasteiger partial charge on any atom is 0.573 e. The molecule has 0 spiro atoms. The maximum atomic E-state index is 13.1. The first kappa shape index (κ1) is 25.3. The highest BCUT2D eigenvalue weighted by Crippen LogP contribution is 2.31. The number of nitrogens with zero attached hydrogens (tertiary/aromatic N) is 3. The number of carbonyl (C=O) groups is 1. The van der Waals surface area contributed by atoms with Crippen LogP contribution in [0.5, 0.6) is 5.75 Å². The fourth-order valence-corrected chi connectivity index (χ4v) is 5.47. The second-order valence-corrected chi connectivity index (χ2v) is 10.0. The Hall–Kier alpha value is -3.39. The van der Waals surface area contributed by atoms with Gasteiger partial charge in [-0.15, -0.1) is 13.2 Å².